The Balaban J connectivity index is 1.14. The number of hydrogen-bond acceptors (Lipinski definition) is 1. The van der Waals surface area contributed by atoms with E-state index in [2.05, 4.69) is 235 Å². The summed E-state index contributed by atoms with van der Waals surface area (Å²) in [5, 5.41) is 5.04. The van der Waals surface area contributed by atoms with Crippen molar-refractivity contribution in [2.24, 2.45) is 0 Å². The topological polar surface area (TPSA) is 3.24 Å². The fraction of sp³-hybridized carbons (Fsp3) is 0.167. The van der Waals surface area contributed by atoms with Crippen molar-refractivity contribution in [1.82, 2.24) is 0 Å². The summed E-state index contributed by atoms with van der Waals surface area (Å²) in [5.41, 5.74) is 20.4. The van der Waals surface area contributed by atoms with Crippen molar-refractivity contribution in [2.45, 2.75) is 64.7 Å². The van der Waals surface area contributed by atoms with E-state index in [-0.39, 0.29) is 16.2 Å². The number of hydrogen-bond donors (Lipinski definition) is 0. The second-order valence-corrected chi connectivity index (χ2v) is 19.4. The molecule has 0 saturated heterocycles. The molecule has 0 heterocycles. The van der Waals surface area contributed by atoms with Crippen molar-refractivity contribution < 1.29 is 0 Å². The second-order valence-electron chi connectivity index (χ2n) is 19.4. The summed E-state index contributed by atoms with van der Waals surface area (Å²) in [5.74, 6) is 0. The molecule has 0 unspecified atom stereocenters. The van der Waals surface area contributed by atoms with Crippen molar-refractivity contribution >= 4 is 38.6 Å². The van der Waals surface area contributed by atoms with Crippen LogP contribution >= 0.6 is 0 Å². The minimum absolute atomic E-state index is 0.0628. The maximum Gasteiger partial charge on any atom is 0.0546 e. The summed E-state index contributed by atoms with van der Waals surface area (Å²) >= 11 is 0. The van der Waals surface area contributed by atoms with Gasteiger partial charge in [-0.2, -0.15) is 0 Å². The Morgan fingerprint density at radius 2 is 0.902 bits per heavy atom. The van der Waals surface area contributed by atoms with E-state index in [1.54, 1.807) is 0 Å². The number of nitrogens with zero attached hydrogens (tertiary/aromatic N) is 1. The second kappa shape index (κ2) is 13.4. The zero-order valence-electron chi connectivity index (χ0n) is 36.3. The van der Waals surface area contributed by atoms with Gasteiger partial charge in [0.15, 0.2) is 0 Å². The smallest absolute Gasteiger partial charge is 0.0546 e. The highest BCUT2D eigenvalue weighted by atomic mass is 15.1. The van der Waals surface area contributed by atoms with Crippen LogP contribution in [-0.4, -0.2) is 0 Å². The molecule has 0 saturated carbocycles. The minimum atomic E-state index is -0.120. The molecule has 0 N–H and O–H groups in total. The van der Waals surface area contributed by atoms with Gasteiger partial charge < -0.3 is 4.90 Å². The van der Waals surface area contributed by atoms with Crippen LogP contribution in [0.15, 0.2) is 182 Å². The van der Waals surface area contributed by atoms with Crippen LogP contribution in [0.3, 0.4) is 0 Å². The van der Waals surface area contributed by atoms with Gasteiger partial charge in [0.1, 0.15) is 0 Å². The van der Waals surface area contributed by atoms with E-state index in [4.69, 9.17) is 0 Å². The Labute approximate surface area is 361 Å². The predicted molar refractivity (Wildman–Crippen MR) is 261 cm³/mol. The predicted octanol–water partition coefficient (Wildman–Crippen LogP) is 16.7. The average Bonchev–Trinajstić information content (AvgIpc) is 3.63. The molecule has 0 radical (unpaired) electrons. The van der Waals surface area contributed by atoms with Gasteiger partial charge in [0.05, 0.1) is 5.69 Å². The molecule has 2 aliphatic carbocycles. The lowest BCUT2D eigenvalue weighted by atomic mass is 9.82. The lowest BCUT2D eigenvalue weighted by Crippen LogP contribution is -2.16. The molecular formula is C60H51N. The first-order valence-corrected chi connectivity index (χ1v) is 21.8. The van der Waals surface area contributed by atoms with Gasteiger partial charge in [0.2, 0.25) is 0 Å². The van der Waals surface area contributed by atoms with E-state index in [1.165, 1.54) is 93.9 Å². The zero-order chi connectivity index (χ0) is 41.8. The number of fused-ring (bicyclic) bond motifs is 8. The van der Waals surface area contributed by atoms with Gasteiger partial charge in [-0.15, -0.1) is 0 Å². The molecule has 2 aliphatic rings. The van der Waals surface area contributed by atoms with Gasteiger partial charge in [-0.3, -0.25) is 0 Å². The van der Waals surface area contributed by atoms with Crippen LogP contribution in [-0.2, 0) is 16.2 Å². The molecule has 0 spiro atoms. The first kappa shape index (κ1) is 37.3. The first-order chi connectivity index (χ1) is 29.4. The molecule has 11 rings (SSSR count). The van der Waals surface area contributed by atoms with Gasteiger partial charge in [-0.25, -0.2) is 0 Å². The summed E-state index contributed by atoms with van der Waals surface area (Å²) in [7, 11) is 0. The van der Waals surface area contributed by atoms with Crippen molar-refractivity contribution in [1.29, 1.82) is 0 Å². The lowest BCUT2D eigenvalue weighted by Gasteiger charge is -2.30. The summed E-state index contributed by atoms with van der Waals surface area (Å²) < 4.78 is 0. The fourth-order valence-electron chi connectivity index (χ4n) is 10.6. The van der Waals surface area contributed by atoms with Crippen LogP contribution in [0, 0.1) is 0 Å². The van der Waals surface area contributed by atoms with E-state index < -0.39 is 0 Å². The maximum absolute atomic E-state index is 2.51. The van der Waals surface area contributed by atoms with E-state index in [9.17, 15) is 0 Å². The molecule has 0 aliphatic heterocycles. The Bertz CT molecular complexity index is 3210. The number of rotatable bonds is 5. The molecule has 1 heteroatoms. The molecule has 0 amide bonds. The van der Waals surface area contributed by atoms with E-state index in [0.717, 1.165) is 17.1 Å². The standard InChI is InChI=1S/C60H51N/c1-58(2,3)44-26-20-38(21-27-44)39-22-28-45(29-23-39)61(46-30-32-54-51(37-46)50-34-41-15-8-9-16-42(41)36-55(50)60(54,6)7)56-33-25-40-14-10-11-17-47(40)57(56)43-24-31-53-49(35-43)48-18-12-13-19-52(48)59(53,4)5/h8-37H,1-7H3. The first-order valence-electron chi connectivity index (χ1n) is 21.8. The van der Waals surface area contributed by atoms with Gasteiger partial charge >= 0.3 is 0 Å². The molecule has 9 aromatic carbocycles. The summed E-state index contributed by atoms with van der Waals surface area (Å²) in [6, 6.07) is 68.8. The summed E-state index contributed by atoms with van der Waals surface area (Å²) in [6.07, 6.45) is 0. The molecule has 0 atom stereocenters. The highest BCUT2D eigenvalue weighted by Crippen LogP contribution is 2.54. The SMILES string of the molecule is CC(C)(C)c1ccc(-c2ccc(N(c3ccc4c(c3)-c3cc5ccccc5cc3C4(C)C)c3ccc4ccccc4c3-c3ccc4c(c3)-c3ccccc3C4(C)C)cc2)cc1. The van der Waals surface area contributed by atoms with Crippen LogP contribution in [0.4, 0.5) is 17.1 Å². The lowest BCUT2D eigenvalue weighted by molar-refractivity contribution is 0.590. The minimum Gasteiger partial charge on any atom is -0.310 e. The third kappa shape index (κ3) is 5.82. The molecule has 0 bridgehead atoms. The largest absolute Gasteiger partial charge is 0.310 e. The maximum atomic E-state index is 2.51. The molecule has 9 aromatic rings. The molecule has 61 heavy (non-hydrogen) atoms. The highest BCUT2D eigenvalue weighted by molar-refractivity contribution is 6.06. The average molecular weight is 786 g/mol. The third-order valence-corrected chi connectivity index (χ3v) is 14.0. The van der Waals surface area contributed by atoms with Gasteiger partial charge in [-0.1, -0.05) is 182 Å². The number of anilines is 3. The van der Waals surface area contributed by atoms with E-state index >= 15 is 0 Å². The van der Waals surface area contributed by atoms with Gasteiger partial charge in [-0.05, 0) is 142 Å². The Morgan fingerprint density at radius 3 is 1.62 bits per heavy atom. The van der Waals surface area contributed by atoms with Crippen molar-refractivity contribution in [3.63, 3.8) is 0 Å². The van der Waals surface area contributed by atoms with Crippen molar-refractivity contribution in [3.8, 4) is 44.5 Å². The Hall–Kier alpha value is -6.70. The molecule has 0 aromatic heterocycles. The van der Waals surface area contributed by atoms with Crippen LogP contribution in [0.25, 0.3) is 66.1 Å². The van der Waals surface area contributed by atoms with Gasteiger partial charge in [0.25, 0.3) is 0 Å². The normalized spacial score (nSPS) is 14.4. The van der Waals surface area contributed by atoms with E-state index in [0.29, 0.717) is 0 Å². The van der Waals surface area contributed by atoms with Crippen LogP contribution in [0.1, 0.15) is 76.3 Å². The molecule has 1 nitrogen and oxygen atoms in total. The van der Waals surface area contributed by atoms with Crippen LogP contribution in [0.2, 0.25) is 0 Å². The Kier molecular flexibility index (Phi) is 8.20. The quantitative estimate of drug-likeness (QED) is 0.168. The molecule has 0 fully saturated rings. The Morgan fingerprint density at radius 1 is 0.377 bits per heavy atom. The number of benzene rings is 9. The monoisotopic (exact) mass is 785 g/mol. The molecular weight excluding hydrogens is 735 g/mol. The van der Waals surface area contributed by atoms with Gasteiger partial charge in [0, 0.05) is 27.8 Å². The zero-order valence-corrected chi connectivity index (χ0v) is 36.3. The van der Waals surface area contributed by atoms with Crippen molar-refractivity contribution in [2.75, 3.05) is 4.90 Å². The summed E-state index contributed by atoms with van der Waals surface area (Å²) in [6.45, 7) is 16.3. The summed E-state index contributed by atoms with van der Waals surface area (Å²) in [4.78, 5) is 2.51. The third-order valence-electron chi connectivity index (χ3n) is 14.0. The molecule has 296 valence electrons. The highest BCUT2D eigenvalue weighted by Gasteiger charge is 2.37. The van der Waals surface area contributed by atoms with E-state index in [1.807, 2.05) is 0 Å². The van der Waals surface area contributed by atoms with Crippen LogP contribution < -0.4 is 4.90 Å². The fourth-order valence-corrected chi connectivity index (χ4v) is 10.6. The van der Waals surface area contributed by atoms with Crippen molar-refractivity contribution in [3.05, 3.63) is 210 Å². The van der Waals surface area contributed by atoms with Crippen LogP contribution in [0.5, 0.6) is 0 Å².